The summed E-state index contributed by atoms with van der Waals surface area (Å²) in [4.78, 5) is 24.8. The number of pyridine rings is 1. The fourth-order valence-corrected chi connectivity index (χ4v) is 4.86. The van der Waals surface area contributed by atoms with Crippen LogP contribution in [0.25, 0.3) is 11.2 Å². The number of hydrogen-bond donors (Lipinski definition) is 1. The van der Waals surface area contributed by atoms with Gasteiger partial charge in [-0.2, -0.15) is 13.2 Å². The number of amides is 1. The molecule has 0 bridgehead atoms. The van der Waals surface area contributed by atoms with Crippen LogP contribution in [-0.4, -0.2) is 29.6 Å². The van der Waals surface area contributed by atoms with Crippen LogP contribution in [-0.2, 0) is 24.6 Å². The molecule has 1 atom stereocenters. The summed E-state index contributed by atoms with van der Waals surface area (Å²) in [6.07, 6.45) is 2.68. The van der Waals surface area contributed by atoms with Crippen LogP contribution in [0.15, 0.2) is 53.8 Å². The van der Waals surface area contributed by atoms with Gasteiger partial charge in [-0.05, 0) is 54.2 Å². The van der Waals surface area contributed by atoms with Crippen LogP contribution >= 0.6 is 0 Å². The van der Waals surface area contributed by atoms with Gasteiger partial charge in [0.25, 0.3) is 0 Å². The molecule has 1 aliphatic carbocycles. The Balaban J connectivity index is 1.70. The smallest absolute Gasteiger partial charge is 0.352 e. The molecule has 3 heterocycles. The molecule has 5 rings (SSSR count). The number of carbonyl (C=O) groups is 1. The molecule has 1 saturated carbocycles. The molecule has 0 saturated heterocycles. The summed E-state index contributed by atoms with van der Waals surface area (Å²) in [6, 6.07) is 7.66. The van der Waals surface area contributed by atoms with Crippen molar-refractivity contribution in [2.75, 3.05) is 0 Å². The highest BCUT2D eigenvalue weighted by Gasteiger charge is 2.35. The molecular formula is C25H25F3N6O2. The van der Waals surface area contributed by atoms with E-state index >= 15 is 0 Å². The maximum atomic E-state index is 13.6. The van der Waals surface area contributed by atoms with Gasteiger partial charge in [0.05, 0.1) is 16.8 Å². The molecule has 0 spiro atoms. The minimum Gasteiger partial charge on any atom is -0.352 e. The first kappa shape index (κ1) is 23.8. The van der Waals surface area contributed by atoms with E-state index in [1.165, 1.54) is 30.0 Å². The second-order valence-corrected chi connectivity index (χ2v) is 9.27. The van der Waals surface area contributed by atoms with Crippen LogP contribution < -0.4 is 11.0 Å². The molecule has 1 fully saturated rings. The normalized spacial score (nSPS) is 15.1. The number of imidazole rings is 1. The molecule has 11 heteroatoms. The van der Waals surface area contributed by atoms with Crippen molar-refractivity contribution in [3.8, 4) is 5.69 Å². The van der Waals surface area contributed by atoms with Gasteiger partial charge in [-0.15, -0.1) is 10.2 Å². The van der Waals surface area contributed by atoms with E-state index in [9.17, 15) is 22.8 Å². The Hall–Kier alpha value is -3.89. The Bertz CT molecular complexity index is 1500. The molecule has 0 aliphatic heterocycles. The Kier molecular flexibility index (Phi) is 5.93. The fraction of sp³-hybridized carbons (Fsp3) is 0.360. The Morgan fingerprint density at radius 3 is 2.64 bits per heavy atom. The van der Waals surface area contributed by atoms with E-state index in [4.69, 9.17) is 0 Å². The van der Waals surface area contributed by atoms with Gasteiger partial charge in [0.1, 0.15) is 12.2 Å². The summed E-state index contributed by atoms with van der Waals surface area (Å²) >= 11 is 0. The molecule has 4 aromatic rings. The first-order valence-corrected chi connectivity index (χ1v) is 11.7. The van der Waals surface area contributed by atoms with Crippen molar-refractivity contribution in [3.05, 3.63) is 82.1 Å². The molecule has 1 aliphatic rings. The summed E-state index contributed by atoms with van der Waals surface area (Å²) in [5.41, 5.74) is 0.280. The number of nitrogens with one attached hydrogen (secondary N) is 1. The standard InChI is InChI=1S/C25H25F3N6O2/c1-15(35)29-12-16-9-18(22(17-5-3-6-17)23-31-30-14-32(23)2)11-19(10-16)34-13-21-20(25(26,27)28)7-4-8-33(21)24(34)36/h4,7-11,13-14,17,22H,3,5-6,12H2,1-2H3,(H,29,35). The highest BCUT2D eigenvalue weighted by molar-refractivity contribution is 5.72. The van der Waals surface area contributed by atoms with Crippen molar-refractivity contribution in [1.82, 2.24) is 29.0 Å². The minimum absolute atomic E-state index is 0.110. The summed E-state index contributed by atoms with van der Waals surface area (Å²) in [5.74, 6) is 0.766. The van der Waals surface area contributed by atoms with E-state index in [1.807, 2.05) is 23.7 Å². The molecule has 36 heavy (non-hydrogen) atoms. The SMILES string of the molecule is CC(=O)NCc1cc(C(c2nncn2C)C2CCC2)cc(-n2cc3c(C(F)(F)F)cccn3c2=O)c1. The number of aromatic nitrogens is 5. The van der Waals surface area contributed by atoms with E-state index < -0.39 is 17.4 Å². The first-order chi connectivity index (χ1) is 17.1. The predicted octanol–water partition coefficient (Wildman–Crippen LogP) is 3.81. The lowest BCUT2D eigenvalue weighted by Gasteiger charge is -2.33. The number of aryl methyl sites for hydroxylation is 1. The van der Waals surface area contributed by atoms with Gasteiger partial charge >= 0.3 is 11.9 Å². The second kappa shape index (κ2) is 8.96. The second-order valence-electron chi connectivity index (χ2n) is 9.27. The highest BCUT2D eigenvalue weighted by atomic mass is 19.4. The predicted molar refractivity (Wildman–Crippen MR) is 126 cm³/mol. The minimum atomic E-state index is -4.61. The summed E-state index contributed by atoms with van der Waals surface area (Å²) in [5, 5.41) is 11.1. The Morgan fingerprint density at radius 1 is 1.25 bits per heavy atom. The number of fused-ring (bicyclic) bond motifs is 1. The van der Waals surface area contributed by atoms with Gasteiger partial charge in [-0.1, -0.05) is 12.5 Å². The van der Waals surface area contributed by atoms with Crippen LogP contribution in [0.3, 0.4) is 0 Å². The Morgan fingerprint density at radius 2 is 2.03 bits per heavy atom. The quantitative estimate of drug-likeness (QED) is 0.438. The third-order valence-corrected chi connectivity index (χ3v) is 6.83. The van der Waals surface area contributed by atoms with Crippen molar-refractivity contribution in [2.45, 2.75) is 44.8 Å². The maximum absolute atomic E-state index is 13.6. The first-order valence-electron chi connectivity index (χ1n) is 11.7. The number of nitrogens with zero attached hydrogens (tertiary/aromatic N) is 5. The van der Waals surface area contributed by atoms with E-state index in [0.717, 1.165) is 46.7 Å². The van der Waals surface area contributed by atoms with Crippen LogP contribution in [0.1, 0.15) is 54.6 Å². The van der Waals surface area contributed by atoms with E-state index in [0.29, 0.717) is 11.6 Å². The average Bonchev–Trinajstić information content (AvgIpc) is 3.36. The lowest BCUT2D eigenvalue weighted by molar-refractivity contribution is -0.136. The largest absolute Gasteiger partial charge is 0.418 e. The van der Waals surface area contributed by atoms with Gasteiger partial charge in [0.15, 0.2) is 0 Å². The zero-order valence-corrected chi connectivity index (χ0v) is 19.8. The molecule has 1 N–H and O–H groups in total. The van der Waals surface area contributed by atoms with Crippen LogP contribution in [0.4, 0.5) is 13.2 Å². The number of carbonyl (C=O) groups excluding carboxylic acids is 1. The van der Waals surface area contributed by atoms with Crippen molar-refractivity contribution < 1.29 is 18.0 Å². The van der Waals surface area contributed by atoms with Gasteiger partial charge in [0, 0.05) is 38.8 Å². The summed E-state index contributed by atoms with van der Waals surface area (Å²) < 4.78 is 44.9. The van der Waals surface area contributed by atoms with Crippen molar-refractivity contribution in [1.29, 1.82) is 0 Å². The van der Waals surface area contributed by atoms with Crippen LogP contribution in [0, 0.1) is 5.92 Å². The zero-order valence-electron chi connectivity index (χ0n) is 19.8. The van der Waals surface area contributed by atoms with Gasteiger partial charge in [0.2, 0.25) is 5.91 Å². The highest BCUT2D eigenvalue weighted by Crippen LogP contribution is 2.43. The van der Waals surface area contributed by atoms with Crippen molar-refractivity contribution in [2.24, 2.45) is 13.0 Å². The van der Waals surface area contributed by atoms with Gasteiger partial charge in [-0.25, -0.2) is 4.79 Å². The molecule has 3 aromatic heterocycles. The third-order valence-electron chi connectivity index (χ3n) is 6.83. The lowest BCUT2D eigenvalue weighted by atomic mass is 9.72. The average molecular weight is 499 g/mol. The van der Waals surface area contributed by atoms with Crippen molar-refractivity contribution >= 4 is 11.4 Å². The van der Waals surface area contributed by atoms with E-state index in [1.54, 1.807) is 12.4 Å². The number of halogens is 3. The number of rotatable bonds is 6. The topological polar surface area (TPSA) is 86.2 Å². The summed E-state index contributed by atoms with van der Waals surface area (Å²) in [7, 11) is 1.87. The number of benzene rings is 1. The van der Waals surface area contributed by atoms with E-state index in [-0.39, 0.29) is 23.9 Å². The Labute approximate surface area is 204 Å². The monoisotopic (exact) mass is 498 g/mol. The van der Waals surface area contributed by atoms with Crippen LogP contribution in [0.2, 0.25) is 0 Å². The number of hydrogen-bond acceptors (Lipinski definition) is 4. The zero-order chi connectivity index (χ0) is 25.6. The number of alkyl halides is 3. The molecule has 8 nitrogen and oxygen atoms in total. The molecular weight excluding hydrogens is 473 g/mol. The van der Waals surface area contributed by atoms with Crippen LogP contribution in [0.5, 0.6) is 0 Å². The van der Waals surface area contributed by atoms with Gasteiger partial charge < -0.3 is 9.88 Å². The maximum Gasteiger partial charge on any atom is 0.418 e. The molecule has 0 radical (unpaired) electrons. The fourth-order valence-electron chi connectivity index (χ4n) is 4.86. The van der Waals surface area contributed by atoms with E-state index in [2.05, 4.69) is 15.5 Å². The molecule has 1 aromatic carbocycles. The third kappa shape index (κ3) is 4.29. The van der Waals surface area contributed by atoms with Crippen molar-refractivity contribution in [3.63, 3.8) is 0 Å². The molecule has 1 amide bonds. The lowest BCUT2D eigenvalue weighted by Crippen LogP contribution is -2.25. The molecule has 188 valence electrons. The van der Waals surface area contributed by atoms with Gasteiger partial charge in [-0.3, -0.25) is 13.8 Å². The molecule has 1 unspecified atom stereocenters. The summed E-state index contributed by atoms with van der Waals surface area (Å²) in [6.45, 7) is 1.62.